The first-order chi connectivity index (χ1) is 12.9. The number of halogens is 1. The van der Waals surface area contributed by atoms with Gasteiger partial charge in [-0.1, -0.05) is 11.6 Å². The number of allylic oxidation sites excluding steroid dienone is 2. The highest BCUT2D eigenvalue weighted by Gasteiger charge is 2.32. The van der Waals surface area contributed by atoms with Gasteiger partial charge < -0.3 is 18.9 Å². The van der Waals surface area contributed by atoms with Crippen molar-refractivity contribution in [2.75, 3.05) is 33.0 Å². The van der Waals surface area contributed by atoms with Gasteiger partial charge in [0.15, 0.2) is 6.79 Å². The Hall–Kier alpha value is -1.23. The lowest BCUT2D eigenvalue weighted by Gasteiger charge is -2.37. The van der Waals surface area contributed by atoms with Gasteiger partial charge in [-0.25, -0.2) is 0 Å². The first-order valence-electron chi connectivity index (χ1n) is 9.63. The van der Waals surface area contributed by atoms with Crippen LogP contribution in [0.1, 0.15) is 49.8 Å². The van der Waals surface area contributed by atoms with E-state index < -0.39 is 0 Å². The maximum atomic E-state index is 6.49. The van der Waals surface area contributed by atoms with Crippen molar-refractivity contribution in [2.24, 2.45) is 0 Å². The Morgan fingerprint density at radius 1 is 1.30 bits per heavy atom. The first kappa shape index (κ1) is 22.1. The van der Waals surface area contributed by atoms with E-state index in [1.807, 2.05) is 0 Å². The highest BCUT2D eigenvalue weighted by Crippen LogP contribution is 2.42. The van der Waals surface area contributed by atoms with Crippen LogP contribution >= 0.6 is 11.6 Å². The van der Waals surface area contributed by atoms with Gasteiger partial charge >= 0.3 is 0 Å². The number of hydrogen-bond donors (Lipinski definition) is 0. The van der Waals surface area contributed by atoms with Crippen molar-refractivity contribution in [2.45, 2.75) is 59.0 Å². The van der Waals surface area contributed by atoms with Crippen LogP contribution in [-0.2, 0) is 15.9 Å². The van der Waals surface area contributed by atoms with Crippen LogP contribution in [-0.4, -0.2) is 38.6 Å². The van der Waals surface area contributed by atoms with Crippen LogP contribution in [0.25, 0.3) is 0 Å². The molecule has 1 aromatic carbocycles. The van der Waals surface area contributed by atoms with Gasteiger partial charge in [0.25, 0.3) is 0 Å². The van der Waals surface area contributed by atoms with Crippen molar-refractivity contribution in [3.63, 3.8) is 0 Å². The number of hydrogen-bond acceptors (Lipinski definition) is 4. The molecule has 1 unspecified atom stereocenters. The SMILES string of the molecule is COCCOCOc1cc2c(c(C)c1C)OC(C)(CC/C=C(\C)CCl)CC2. The minimum absolute atomic E-state index is 0.140. The van der Waals surface area contributed by atoms with Crippen LogP contribution in [0.4, 0.5) is 0 Å². The summed E-state index contributed by atoms with van der Waals surface area (Å²) in [4.78, 5) is 0. The third kappa shape index (κ3) is 6.13. The summed E-state index contributed by atoms with van der Waals surface area (Å²) >= 11 is 5.86. The molecule has 1 aliphatic rings. The molecule has 0 N–H and O–H groups in total. The van der Waals surface area contributed by atoms with Crippen molar-refractivity contribution in [3.8, 4) is 11.5 Å². The molecule has 27 heavy (non-hydrogen) atoms. The lowest BCUT2D eigenvalue weighted by Crippen LogP contribution is -2.36. The topological polar surface area (TPSA) is 36.9 Å². The summed E-state index contributed by atoms with van der Waals surface area (Å²) < 4.78 is 22.7. The number of ether oxygens (including phenoxy) is 4. The van der Waals surface area contributed by atoms with Gasteiger partial charge in [-0.3, -0.25) is 0 Å². The molecule has 0 spiro atoms. The zero-order valence-corrected chi connectivity index (χ0v) is 18.1. The number of alkyl halides is 1. The lowest BCUT2D eigenvalue weighted by molar-refractivity contribution is -0.00904. The van der Waals surface area contributed by atoms with Crippen LogP contribution in [0.3, 0.4) is 0 Å². The Kier molecular flexibility index (Phi) is 8.46. The van der Waals surface area contributed by atoms with Crippen LogP contribution in [0.15, 0.2) is 17.7 Å². The number of aryl methyl sites for hydroxylation is 1. The lowest BCUT2D eigenvalue weighted by atomic mass is 9.87. The molecule has 0 amide bonds. The van der Waals surface area contributed by atoms with Gasteiger partial charge in [-0.05, 0) is 76.1 Å². The van der Waals surface area contributed by atoms with Crippen molar-refractivity contribution in [3.05, 3.63) is 34.4 Å². The predicted octanol–water partition coefficient (Wildman–Crippen LogP) is 5.35. The Bertz CT molecular complexity index is 656. The van der Waals surface area contributed by atoms with Gasteiger partial charge in [0.2, 0.25) is 0 Å². The summed E-state index contributed by atoms with van der Waals surface area (Å²) in [6, 6.07) is 2.11. The number of methoxy groups -OCH3 is 1. The largest absolute Gasteiger partial charge is 0.487 e. The molecule has 1 atom stereocenters. The Labute approximate surface area is 168 Å². The van der Waals surface area contributed by atoms with E-state index in [0.29, 0.717) is 19.1 Å². The third-order valence-corrected chi connectivity index (χ3v) is 5.67. The molecule has 5 heteroatoms. The fourth-order valence-corrected chi connectivity index (χ4v) is 3.37. The molecule has 1 heterocycles. The molecule has 0 saturated carbocycles. The second kappa shape index (κ2) is 10.4. The Morgan fingerprint density at radius 3 is 2.78 bits per heavy atom. The third-order valence-electron chi connectivity index (χ3n) is 5.25. The second-order valence-electron chi connectivity index (χ2n) is 7.55. The predicted molar refractivity (Wildman–Crippen MR) is 110 cm³/mol. The molecule has 0 bridgehead atoms. The van der Waals surface area contributed by atoms with Gasteiger partial charge in [0.1, 0.15) is 17.1 Å². The van der Waals surface area contributed by atoms with E-state index in [1.54, 1.807) is 7.11 Å². The second-order valence-corrected chi connectivity index (χ2v) is 7.82. The van der Waals surface area contributed by atoms with Crippen LogP contribution < -0.4 is 9.47 Å². The zero-order chi connectivity index (χ0) is 19.9. The minimum atomic E-state index is -0.140. The molecule has 152 valence electrons. The Morgan fingerprint density at radius 2 is 2.07 bits per heavy atom. The van der Waals surface area contributed by atoms with E-state index in [0.717, 1.165) is 48.3 Å². The molecular formula is C22H33ClO4. The minimum Gasteiger partial charge on any atom is -0.487 e. The smallest absolute Gasteiger partial charge is 0.189 e. The quantitative estimate of drug-likeness (QED) is 0.231. The molecule has 0 saturated heterocycles. The molecule has 0 radical (unpaired) electrons. The van der Waals surface area contributed by atoms with E-state index in [9.17, 15) is 0 Å². The van der Waals surface area contributed by atoms with E-state index in [1.165, 1.54) is 11.1 Å². The maximum absolute atomic E-state index is 6.49. The molecule has 0 aromatic heterocycles. The maximum Gasteiger partial charge on any atom is 0.189 e. The van der Waals surface area contributed by atoms with Crippen LogP contribution in [0.2, 0.25) is 0 Å². The highest BCUT2D eigenvalue weighted by molar-refractivity contribution is 6.19. The standard InChI is InChI=1S/C22H33ClO4/c1-16(14-23)7-6-9-22(4)10-8-19-13-20(26-15-25-12-11-24-5)17(2)18(3)21(19)27-22/h7,13H,6,8-12,14-15H2,1-5H3/b16-7+. The van der Waals surface area contributed by atoms with Gasteiger partial charge in [0, 0.05) is 13.0 Å². The van der Waals surface area contributed by atoms with Crippen LogP contribution in [0.5, 0.6) is 11.5 Å². The molecule has 0 fully saturated rings. The molecule has 4 nitrogen and oxygen atoms in total. The number of fused-ring (bicyclic) bond motifs is 1. The molecule has 1 aliphatic heterocycles. The Balaban J connectivity index is 2.05. The molecule has 1 aromatic rings. The summed E-state index contributed by atoms with van der Waals surface area (Å²) in [5.74, 6) is 2.49. The first-order valence-corrected chi connectivity index (χ1v) is 10.2. The van der Waals surface area contributed by atoms with Crippen molar-refractivity contribution >= 4 is 11.6 Å². The number of benzene rings is 1. The van der Waals surface area contributed by atoms with Gasteiger partial charge in [-0.15, -0.1) is 11.6 Å². The fourth-order valence-electron chi connectivity index (χ4n) is 3.26. The monoisotopic (exact) mass is 396 g/mol. The average molecular weight is 397 g/mol. The normalized spacial score (nSPS) is 19.6. The number of rotatable bonds is 10. The van der Waals surface area contributed by atoms with Gasteiger partial charge in [-0.2, -0.15) is 0 Å². The van der Waals surface area contributed by atoms with Crippen molar-refractivity contribution in [1.29, 1.82) is 0 Å². The van der Waals surface area contributed by atoms with Gasteiger partial charge in [0.05, 0.1) is 13.2 Å². The summed E-state index contributed by atoms with van der Waals surface area (Å²) in [6.07, 6.45) is 6.19. The summed E-state index contributed by atoms with van der Waals surface area (Å²) in [7, 11) is 1.66. The van der Waals surface area contributed by atoms with E-state index in [-0.39, 0.29) is 12.4 Å². The van der Waals surface area contributed by atoms with E-state index in [2.05, 4.69) is 39.8 Å². The molecule has 0 aliphatic carbocycles. The van der Waals surface area contributed by atoms with E-state index >= 15 is 0 Å². The highest BCUT2D eigenvalue weighted by atomic mass is 35.5. The summed E-state index contributed by atoms with van der Waals surface area (Å²) in [5.41, 5.74) is 4.55. The van der Waals surface area contributed by atoms with Crippen LogP contribution in [0, 0.1) is 13.8 Å². The fraction of sp³-hybridized carbons (Fsp3) is 0.636. The summed E-state index contributed by atoms with van der Waals surface area (Å²) in [5, 5.41) is 0. The zero-order valence-electron chi connectivity index (χ0n) is 17.3. The van der Waals surface area contributed by atoms with Crippen molar-refractivity contribution < 1.29 is 18.9 Å². The summed E-state index contributed by atoms with van der Waals surface area (Å²) in [6.45, 7) is 9.78. The van der Waals surface area contributed by atoms with Crippen molar-refractivity contribution in [1.82, 2.24) is 0 Å². The molecule has 2 rings (SSSR count). The van der Waals surface area contributed by atoms with E-state index in [4.69, 9.17) is 30.5 Å². The molecular weight excluding hydrogens is 364 g/mol. The average Bonchev–Trinajstić information content (AvgIpc) is 2.66.